The Morgan fingerprint density at radius 1 is 1.14 bits per heavy atom. The Balaban J connectivity index is 0.00000196. The summed E-state index contributed by atoms with van der Waals surface area (Å²) in [5, 5.41) is 0. The van der Waals surface area contributed by atoms with Crippen LogP contribution in [0.3, 0.4) is 0 Å². The minimum absolute atomic E-state index is 0. The molecule has 0 aromatic carbocycles. The van der Waals surface area contributed by atoms with Gasteiger partial charge >= 0.3 is 0 Å². The van der Waals surface area contributed by atoms with Gasteiger partial charge < -0.3 is 0 Å². The van der Waals surface area contributed by atoms with Crippen molar-refractivity contribution in [3.63, 3.8) is 0 Å². The maximum atomic E-state index is 7.62. The van der Waals surface area contributed by atoms with Crippen LogP contribution in [0.5, 0.6) is 0 Å². The molecule has 0 aliphatic rings. The average Bonchev–Trinajstić information content (AvgIpc) is 2.08. The number of aryl methyl sites for hydroxylation is 1. The summed E-state index contributed by atoms with van der Waals surface area (Å²) in [6, 6.07) is 0. The molecule has 1 aromatic rings. The molecule has 0 saturated heterocycles. The van der Waals surface area contributed by atoms with Gasteiger partial charge in [-0.2, -0.15) is 0 Å². The first-order valence-electron chi connectivity index (χ1n) is 5.28. The molecule has 1 rings (SSSR count). The van der Waals surface area contributed by atoms with E-state index in [2.05, 4.69) is 37.7 Å². The van der Waals surface area contributed by atoms with Crippen LogP contribution in [0.15, 0.2) is 6.17 Å². The van der Waals surface area contributed by atoms with Gasteiger partial charge in [0.1, 0.15) is 0 Å². The van der Waals surface area contributed by atoms with Crippen molar-refractivity contribution in [1.29, 1.82) is 0 Å². The quantitative estimate of drug-likeness (QED) is 0.721. The second-order valence-corrected chi connectivity index (χ2v) is 4.00. The van der Waals surface area contributed by atoms with E-state index in [0.717, 1.165) is 17.1 Å². The third-order valence-corrected chi connectivity index (χ3v) is 1.98. The van der Waals surface area contributed by atoms with Crippen molar-refractivity contribution in [3.8, 4) is 0 Å². The second-order valence-electron chi connectivity index (χ2n) is 4.00. The lowest BCUT2D eigenvalue weighted by Crippen LogP contribution is -2.05. The highest BCUT2D eigenvalue weighted by atomic mass is 14.8. The summed E-state index contributed by atoms with van der Waals surface area (Å²) in [6.07, 6.45) is 0.304. The molecule has 0 fully saturated rings. The van der Waals surface area contributed by atoms with Gasteiger partial charge in [-0.05, 0) is 18.8 Å². The van der Waals surface area contributed by atoms with Crippen molar-refractivity contribution in [1.82, 2.24) is 9.97 Å². The summed E-state index contributed by atoms with van der Waals surface area (Å²) in [7, 11) is 0. The summed E-state index contributed by atoms with van der Waals surface area (Å²) in [5.41, 5.74) is 2.72. The highest BCUT2D eigenvalue weighted by molar-refractivity contribution is 5.19. The van der Waals surface area contributed by atoms with E-state index in [-0.39, 0.29) is 7.43 Å². The van der Waals surface area contributed by atoms with Crippen LogP contribution in [0, 0.1) is 6.92 Å². The number of rotatable bonds is 2. The van der Waals surface area contributed by atoms with Crippen LogP contribution in [-0.2, 0) is 0 Å². The first-order valence-corrected chi connectivity index (χ1v) is 4.78. The first kappa shape index (κ1) is 11.2. The molecule has 1 heterocycles. The lowest BCUT2D eigenvalue weighted by Gasteiger charge is -2.13. The van der Waals surface area contributed by atoms with Gasteiger partial charge in [-0.1, -0.05) is 35.1 Å². The summed E-state index contributed by atoms with van der Waals surface area (Å²) in [6.45, 7) is 10.2. The third kappa shape index (κ3) is 2.79. The Hall–Kier alpha value is -0.920. The molecule has 0 spiro atoms. The number of aromatic nitrogens is 2. The molecule has 0 amide bonds. The lowest BCUT2D eigenvalue weighted by molar-refractivity contribution is 0.720. The maximum absolute atomic E-state index is 7.62. The maximum Gasteiger partial charge on any atom is 0.0860 e. The Morgan fingerprint density at radius 2 is 1.64 bits per heavy atom. The lowest BCUT2D eigenvalue weighted by atomic mass is 10.0. The molecule has 0 aliphatic carbocycles. The molecule has 14 heavy (non-hydrogen) atoms. The number of nitrogens with zero attached hydrogens (tertiary/aromatic N) is 2. The third-order valence-electron chi connectivity index (χ3n) is 1.98. The largest absolute Gasteiger partial charge is 0.257 e. The summed E-state index contributed by atoms with van der Waals surface area (Å²) in [4.78, 5) is 8.74. The fraction of sp³-hybridized carbons (Fsp3) is 0.667. The number of hydrogen-bond acceptors (Lipinski definition) is 2. The van der Waals surface area contributed by atoms with E-state index in [4.69, 9.17) is 1.37 Å². The van der Waals surface area contributed by atoms with Gasteiger partial charge in [0.25, 0.3) is 0 Å². The molecule has 0 unspecified atom stereocenters. The fourth-order valence-electron chi connectivity index (χ4n) is 1.31. The predicted molar refractivity (Wildman–Crippen MR) is 61.7 cm³/mol. The van der Waals surface area contributed by atoms with Crippen molar-refractivity contribution in [2.24, 2.45) is 0 Å². The molecule has 0 bridgehead atoms. The summed E-state index contributed by atoms with van der Waals surface area (Å²) < 4.78 is 7.62. The van der Waals surface area contributed by atoms with Crippen LogP contribution in [0.25, 0.3) is 0 Å². The highest BCUT2D eigenvalue weighted by Crippen LogP contribution is 2.21. The van der Waals surface area contributed by atoms with E-state index >= 15 is 0 Å². The Bertz CT molecular complexity index is 300. The SMILES string of the molecule is C.[3H]c1nc(C(C)C)c(C(C)C)nc1C. The smallest absolute Gasteiger partial charge is 0.0860 e. The van der Waals surface area contributed by atoms with E-state index in [9.17, 15) is 0 Å². The van der Waals surface area contributed by atoms with Crippen LogP contribution in [0.4, 0.5) is 0 Å². The van der Waals surface area contributed by atoms with Crippen molar-refractivity contribution < 1.29 is 1.37 Å². The molecule has 0 saturated carbocycles. The molecule has 0 aliphatic heterocycles. The van der Waals surface area contributed by atoms with Gasteiger partial charge in [0.2, 0.25) is 0 Å². The zero-order valence-corrected chi connectivity index (χ0v) is 9.05. The van der Waals surface area contributed by atoms with Gasteiger partial charge in [-0.3, -0.25) is 9.97 Å². The van der Waals surface area contributed by atoms with Gasteiger partial charge in [0.15, 0.2) is 0 Å². The van der Waals surface area contributed by atoms with E-state index in [0.29, 0.717) is 18.0 Å². The molecular formula is C12H22N2. The minimum atomic E-state index is 0. The van der Waals surface area contributed by atoms with Crippen LogP contribution in [0.2, 0.25) is 0 Å². The topological polar surface area (TPSA) is 25.8 Å². The fourth-order valence-corrected chi connectivity index (χ4v) is 1.31. The molecule has 0 radical (unpaired) electrons. The van der Waals surface area contributed by atoms with Gasteiger partial charge in [0, 0.05) is 6.17 Å². The van der Waals surface area contributed by atoms with E-state index in [1.54, 1.807) is 0 Å². The van der Waals surface area contributed by atoms with Gasteiger partial charge in [-0.15, -0.1) is 0 Å². The minimum Gasteiger partial charge on any atom is -0.257 e. The highest BCUT2D eigenvalue weighted by Gasteiger charge is 2.12. The second kappa shape index (κ2) is 5.08. The monoisotopic (exact) mass is 196 g/mol. The van der Waals surface area contributed by atoms with Crippen LogP contribution < -0.4 is 0 Å². The Morgan fingerprint density at radius 3 is 2.07 bits per heavy atom. The molecule has 1 aromatic heterocycles. The molecule has 2 heteroatoms. The Labute approximate surface area is 89.2 Å². The van der Waals surface area contributed by atoms with Crippen molar-refractivity contribution >= 4 is 0 Å². The van der Waals surface area contributed by atoms with Crippen LogP contribution in [0.1, 0.15) is 65.4 Å². The standard InChI is InChI=1S/C11H18N2.CH4/c1-7(2)10-11(8(3)4)13-9(5)6-12-10;/h6-8H,1-5H3;1H4/i6T;. The number of hydrogen-bond donors (Lipinski definition) is 0. The summed E-state index contributed by atoms with van der Waals surface area (Å²) >= 11 is 0. The van der Waals surface area contributed by atoms with Crippen molar-refractivity contribution in [3.05, 3.63) is 23.3 Å². The van der Waals surface area contributed by atoms with Crippen LogP contribution in [-0.4, -0.2) is 9.97 Å². The van der Waals surface area contributed by atoms with Gasteiger partial charge in [-0.25, -0.2) is 0 Å². The van der Waals surface area contributed by atoms with E-state index in [1.807, 2.05) is 6.92 Å². The van der Waals surface area contributed by atoms with E-state index in [1.165, 1.54) is 0 Å². The summed E-state index contributed by atoms with van der Waals surface area (Å²) in [5.74, 6) is 0.712. The average molecular weight is 196 g/mol. The Kier molecular flexibility index (Phi) is 4.05. The van der Waals surface area contributed by atoms with Crippen molar-refractivity contribution in [2.45, 2.75) is 53.9 Å². The molecular weight excluding hydrogens is 172 g/mol. The predicted octanol–water partition coefficient (Wildman–Crippen LogP) is 3.67. The molecule has 0 N–H and O–H groups in total. The normalized spacial score (nSPS) is 11.5. The zero-order chi connectivity index (χ0) is 10.9. The zero-order valence-electron chi connectivity index (χ0n) is 10.0. The van der Waals surface area contributed by atoms with E-state index < -0.39 is 0 Å². The first-order chi connectivity index (χ1) is 6.43. The van der Waals surface area contributed by atoms with Crippen molar-refractivity contribution in [2.75, 3.05) is 0 Å². The van der Waals surface area contributed by atoms with Crippen LogP contribution >= 0.6 is 0 Å². The molecule has 2 nitrogen and oxygen atoms in total. The van der Waals surface area contributed by atoms with Gasteiger partial charge in [0.05, 0.1) is 18.5 Å². The molecule has 80 valence electrons. The molecule has 0 atom stereocenters.